The van der Waals surface area contributed by atoms with Gasteiger partial charge in [0.15, 0.2) is 0 Å². The van der Waals surface area contributed by atoms with Crippen molar-refractivity contribution in [3.63, 3.8) is 0 Å². The zero-order valence-corrected chi connectivity index (χ0v) is 12.0. The van der Waals surface area contributed by atoms with Gasteiger partial charge in [0.25, 0.3) is 0 Å². The van der Waals surface area contributed by atoms with Gasteiger partial charge in [-0.1, -0.05) is 13.8 Å². The summed E-state index contributed by atoms with van der Waals surface area (Å²) in [5, 5.41) is 12.9. The van der Waals surface area contributed by atoms with Crippen LogP contribution in [0.25, 0.3) is 0 Å². The number of aliphatic hydroxyl groups is 1. The third-order valence-electron chi connectivity index (χ3n) is 4.01. The molecule has 1 aliphatic rings. The van der Waals surface area contributed by atoms with Crippen LogP contribution >= 0.6 is 0 Å². The Labute approximate surface area is 107 Å². The Balaban J connectivity index is 2.48. The van der Waals surface area contributed by atoms with Crippen LogP contribution in [-0.4, -0.2) is 47.8 Å². The summed E-state index contributed by atoms with van der Waals surface area (Å²) in [7, 11) is 0. The average Bonchev–Trinajstić information content (AvgIpc) is 2.29. The lowest BCUT2D eigenvalue weighted by molar-refractivity contribution is 0.0887. The van der Waals surface area contributed by atoms with Crippen LogP contribution in [0, 0.1) is 5.92 Å². The largest absolute Gasteiger partial charge is 0.394 e. The van der Waals surface area contributed by atoms with E-state index < -0.39 is 0 Å². The molecule has 3 heteroatoms. The zero-order chi connectivity index (χ0) is 12.9. The van der Waals surface area contributed by atoms with E-state index in [-0.39, 0.29) is 12.1 Å². The van der Waals surface area contributed by atoms with Crippen molar-refractivity contribution >= 4 is 0 Å². The summed E-state index contributed by atoms with van der Waals surface area (Å²) in [6.07, 6.45) is 3.71. The first-order valence-corrected chi connectivity index (χ1v) is 7.10. The molecule has 0 radical (unpaired) electrons. The highest BCUT2D eigenvalue weighted by Gasteiger charge is 2.29. The summed E-state index contributed by atoms with van der Waals surface area (Å²) in [6.45, 7) is 12.4. The van der Waals surface area contributed by atoms with E-state index in [4.69, 9.17) is 0 Å². The molecule has 3 unspecified atom stereocenters. The van der Waals surface area contributed by atoms with E-state index in [0.717, 1.165) is 18.9 Å². The molecule has 0 aromatic rings. The van der Waals surface area contributed by atoms with Gasteiger partial charge < -0.3 is 15.3 Å². The normalized spacial score (nSPS) is 27.7. The number of likely N-dealkylation sites (tertiary alicyclic amines) is 1. The second kappa shape index (κ2) is 6.72. The maximum atomic E-state index is 9.53. The summed E-state index contributed by atoms with van der Waals surface area (Å²) in [5.41, 5.74) is -0.130. The molecular formula is C14H30N2O. The van der Waals surface area contributed by atoms with Crippen molar-refractivity contribution in [1.29, 1.82) is 0 Å². The Bertz CT molecular complexity index is 222. The molecule has 3 atom stereocenters. The average molecular weight is 242 g/mol. The van der Waals surface area contributed by atoms with Crippen molar-refractivity contribution in [2.75, 3.05) is 26.2 Å². The molecule has 1 saturated heterocycles. The van der Waals surface area contributed by atoms with Crippen LogP contribution in [0.1, 0.15) is 47.0 Å². The topological polar surface area (TPSA) is 35.5 Å². The highest BCUT2D eigenvalue weighted by Crippen LogP contribution is 2.22. The SMILES string of the molecule is CCNC(C)(CO)CC(C)N1CCCC(C)C1. The smallest absolute Gasteiger partial charge is 0.0611 e. The van der Waals surface area contributed by atoms with Gasteiger partial charge in [0, 0.05) is 18.1 Å². The van der Waals surface area contributed by atoms with Crippen molar-refractivity contribution in [2.45, 2.75) is 58.5 Å². The third kappa shape index (κ3) is 4.57. The van der Waals surface area contributed by atoms with E-state index >= 15 is 0 Å². The summed E-state index contributed by atoms with van der Waals surface area (Å²) in [5.74, 6) is 0.825. The lowest BCUT2D eigenvalue weighted by atomic mass is 9.91. The second-order valence-corrected chi connectivity index (χ2v) is 6.04. The van der Waals surface area contributed by atoms with Crippen molar-refractivity contribution < 1.29 is 5.11 Å². The fraction of sp³-hybridized carbons (Fsp3) is 1.00. The van der Waals surface area contributed by atoms with Crippen molar-refractivity contribution in [3.8, 4) is 0 Å². The van der Waals surface area contributed by atoms with Crippen LogP contribution in [0.2, 0.25) is 0 Å². The highest BCUT2D eigenvalue weighted by atomic mass is 16.3. The molecule has 0 amide bonds. The van der Waals surface area contributed by atoms with Gasteiger partial charge in [0.1, 0.15) is 0 Å². The first kappa shape index (κ1) is 14.9. The standard InChI is InChI=1S/C14H30N2O/c1-5-15-14(4,11-17)9-13(3)16-8-6-7-12(2)10-16/h12-13,15,17H,5-11H2,1-4H3. The molecule has 0 bridgehead atoms. The Morgan fingerprint density at radius 2 is 2.24 bits per heavy atom. The predicted molar refractivity (Wildman–Crippen MR) is 73.2 cm³/mol. The molecule has 0 aliphatic carbocycles. The number of hydrogen-bond donors (Lipinski definition) is 2. The quantitative estimate of drug-likeness (QED) is 0.746. The second-order valence-electron chi connectivity index (χ2n) is 6.04. The van der Waals surface area contributed by atoms with Gasteiger partial charge in [-0.3, -0.25) is 0 Å². The van der Waals surface area contributed by atoms with Gasteiger partial charge in [-0.25, -0.2) is 0 Å². The molecule has 0 aromatic carbocycles. The van der Waals surface area contributed by atoms with Crippen LogP contribution in [0.15, 0.2) is 0 Å². The number of hydrogen-bond acceptors (Lipinski definition) is 3. The van der Waals surface area contributed by atoms with Crippen LogP contribution in [0.3, 0.4) is 0 Å². The summed E-state index contributed by atoms with van der Waals surface area (Å²) < 4.78 is 0. The van der Waals surface area contributed by atoms with E-state index in [0.29, 0.717) is 6.04 Å². The molecule has 17 heavy (non-hydrogen) atoms. The lowest BCUT2D eigenvalue weighted by Crippen LogP contribution is -2.51. The molecule has 1 heterocycles. The number of nitrogens with zero attached hydrogens (tertiary/aromatic N) is 1. The van der Waals surface area contributed by atoms with Gasteiger partial charge in [0.2, 0.25) is 0 Å². The monoisotopic (exact) mass is 242 g/mol. The number of likely N-dealkylation sites (N-methyl/N-ethyl adjacent to an activating group) is 1. The fourth-order valence-corrected chi connectivity index (χ4v) is 3.03. The van der Waals surface area contributed by atoms with Crippen LogP contribution in [0.5, 0.6) is 0 Å². The Morgan fingerprint density at radius 3 is 2.76 bits per heavy atom. The van der Waals surface area contributed by atoms with E-state index in [1.165, 1.54) is 25.9 Å². The molecule has 1 rings (SSSR count). The van der Waals surface area contributed by atoms with Crippen molar-refractivity contribution in [2.24, 2.45) is 5.92 Å². The molecule has 0 saturated carbocycles. The molecule has 102 valence electrons. The number of nitrogens with one attached hydrogen (secondary N) is 1. The van der Waals surface area contributed by atoms with Gasteiger partial charge in [-0.15, -0.1) is 0 Å². The lowest BCUT2D eigenvalue weighted by Gasteiger charge is -2.40. The van der Waals surface area contributed by atoms with Gasteiger partial charge in [0.05, 0.1) is 6.61 Å². The van der Waals surface area contributed by atoms with Gasteiger partial charge in [-0.2, -0.15) is 0 Å². The van der Waals surface area contributed by atoms with E-state index in [1.54, 1.807) is 0 Å². The van der Waals surface area contributed by atoms with Crippen LogP contribution in [-0.2, 0) is 0 Å². The minimum absolute atomic E-state index is 0.130. The predicted octanol–water partition coefficient (Wildman–Crippen LogP) is 1.86. The Kier molecular flexibility index (Phi) is 5.90. The summed E-state index contributed by atoms with van der Waals surface area (Å²) in [4.78, 5) is 2.58. The van der Waals surface area contributed by atoms with Crippen molar-refractivity contribution in [1.82, 2.24) is 10.2 Å². The third-order valence-corrected chi connectivity index (χ3v) is 4.01. The molecule has 0 spiro atoms. The molecule has 1 fully saturated rings. The number of aliphatic hydroxyl groups excluding tert-OH is 1. The number of piperidine rings is 1. The zero-order valence-electron chi connectivity index (χ0n) is 12.0. The molecule has 3 nitrogen and oxygen atoms in total. The van der Waals surface area contributed by atoms with E-state index in [2.05, 4.69) is 37.9 Å². The molecule has 2 N–H and O–H groups in total. The maximum Gasteiger partial charge on any atom is 0.0611 e. The fourth-order valence-electron chi connectivity index (χ4n) is 3.03. The minimum atomic E-state index is -0.130. The maximum absolute atomic E-state index is 9.53. The van der Waals surface area contributed by atoms with Crippen LogP contribution < -0.4 is 5.32 Å². The Hall–Kier alpha value is -0.120. The highest BCUT2D eigenvalue weighted by molar-refractivity contribution is 4.88. The molecular weight excluding hydrogens is 212 g/mol. The van der Waals surface area contributed by atoms with Gasteiger partial charge in [-0.05, 0) is 52.1 Å². The Morgan fingerprint density at radius 1 is 1.53 bits per heavy atom. The van der Waals surface area contributed by atoms with Crippen molar-refractivity contribution in [3.05, 3.63) is 0 Å². The van der Waals surface area contributed by atoms with E-state index in [1.807, 2.05) is 0 Å². The minimum Gasteiger partial charge on any atom is -0.394 e. The van der Waals surface area contributed by atoms with Gasteiger partial charge >= 0.3 is 0 Å². The van der Waals surface area contributed by atoms with E-state index in [9.17, 15) is 5.11 Å². The molecule has 0 aromatic heterocycles. The summed E-state index contributed by atoms with van der Waals surface area (Å²) in [6, 6.07) is 0.550. The number of rotatable bonds is 6. The first-order valence-electron chi connectivity index (χ1n) is 7.10. The van der Waals surface area contributed by atoms with Crippen LogP contribution in [0.4, 0.5) is 0 Å². The first-order chi connectivity index (χ1) is 8.00. The molecule has 1 aliphatic heterocycles. The summed E-state index contributed by atoms with van der Waals surface area (Å²) >= 11 is 0.